The van der Waals surface area contributed by atoms with Crippen LogP contribution in [-0.4, -0.2) is 46.0 Å². The van der Waals surface area contributed by atoms with Crippen molar-refractivity contribution in [1.82, 2.24) is 20.4 Å². The molecule has 1 aromatic heterocycles. The summed E-state index contributed by atoms with van der Waals surface area (Å²) < 4.78 is 0. The highest BCUT2D eigenvalue weighted by Gasteiger charge is 2.26. The predicted molar refractivity (Wildman–Crippen MR) is 79.0 cm³/mol. The van der Waals surface area contributed by atoms with E-state index < -0.39 is 0 Å². The third kappa shape index (κ3) is 2.49. The van der Waals surface area contributed by atoms with Crippen molar-refractivity contribution in [1.29, 1.82) is 0 Å². The molecule has 0 spiro atoms. The van der Waals surface area contributed by atoms with E-state index in [0.717, 1.165) is 22.9 Å². The molecule has 2 amide bonds. The van der Waals surface area contributed by atoms with E-state index in [1.54, 1.807) is 18.0 Å². The lowest BCUT2D eigenvalue weighted by molar-refractivity contribution is -0.127. The number of aromatic nitrogens is 2. The fraction of sp³-hybridized carbons (Fsp3) is 0.400. The number of carbonyl (C=O) groups excluding carboxylic acids is 2. The van der Waals surface area contributed by atoms with Gasteiger partial charge in [-0.05, 0) is 25.0 Å². The van der Waals surface area contributed by atoms with Gasteiger partial charge in [0.25, 0.3) is 5.91 Å². The van der Waals surface area contributed by atoms with Crippen LogP contribution in [-0.2, 0) is 4.79 Å². The standard InChI is InChI=1S/C15H18N4O2/c1-9-3-4-13-12(7-16-18-13)14(9)15(21)17-11-5-6-19(8-11)10(2)20/h3-4,7,11H,5-6,8H2,1-2H3,(H,16,18)(H,17,21)/t11-/m0/s1. The number of rotatable bonds is 2. The topological polar surface area (TPSA) is 78.1 Å². The van der Waals surface area contributed by atoms with Gasteiger partial charge >= 0.3 is 0 Å². The Morgan fingerprint density at radius 3 is 2.95 bits per heavy atom. The molecule has 0 saturated carbocycles. The fourth-order valence-corrected chi connectivity index (χ4v) is 2.85. The Bertz CT molecular complexity index is 707. The normalized spacial score (nSPS) is 18.2. The van der Waals surface area contributed by atoms with Crippen LogP contribution in [0.2, 0.25) is 0 Å². The zero-order valence-electron chi connectivity index (χ0n) is 12.1. The van der Waals surface area contributed by atoms with Crippen LogP contribution in [0.3, 0.4) is 0 Å². The summed E-state index contributed by atoms with van der Waals surface area (Å²) in [5.41, 5.74) is 2.42. The second kappa shape index (κ2) is 5.20. The Kier molecular flexibility index (Phi) is 3.37. The lowest BCUT2D eigenvalue weighted by atomic mass is 10.0. The maximum absolute atomic E-state index is 12.6. The van der Waals surface area contributed by atoms with Gasteiger partial charge in [0.15, 0.2) is 0 Å². The van der Waals surface area contributed by atoms with Crippen molar-refractivity contribution in [3.63, 3.8) is 0 Å². The van der Waals surface area contributed by atoms with E-state index in [1.165, 1.54) is 0 Å². The van der Waals surface area contributed by atoms with Crippen LogP contribution in [0, 0.1) is 6.92 Å². The molecule has 3 rings (SSSR count). The second-order valence-electron chi connectivity index (χ2n) is 5.51. The van der Waals surface area contributed by atoms with E-state index in [0.29, 0.717) is 18.7 Å². The summed E-state index contributed by atoms with van der Waals surface area (Å²) in [6, 6.07) is 3.84. The molecule has 0 bridgehead atoms. The minimum absolute atomic E-state index is 0.0166. The molecule has 21 heavy (non-hydrogen) atoms. The van der Waals surface area contributed by atoms with Gasteiger partial charge < -0.3 is 10.2 Å². The number of carbonyl (C=O) groups is 2. The minimum Gasteiger partial charge on any atom is -0.347 e. The van der Waals surface area contributed by atoms with E-state index in [2.05, 4.69) is 15.5 Å². The summed E-state index contributed by atoms with van der Waals surface area (Å²) in [7, 11) is 0. The van der Waals surface area contributed by atoms with Crippen molar-refractivity contribution < 1.29 is 9.59 Å². The molecule has 1 aliphatic rings. The molecule has 0 aliphatic carbocycles. The number of likely N-dealkylation sites (tertiary alicyclic amines) is 1. The second-order valence-corrected chi connectivity index (χ2v) is 5.51. The van der Waals surface area contributed by atoms with Crippen LogP contribution in [0.4, 0.5) is 0 Å². The number of aromatic amines is 1. The summed E-state index contributed by atoms with van der Waals surface area (Å²) in [6.07, 6.45) is 2.47. The molecule has 0 radical (unpaired) electrons. The molecule has 6 nitrogen and oxygen atoms in total. The van der Waals surface area contributed by atoms with Gasteiger partial charge in [0.2, 0.25) is 5.91 Å². The number of amides is 2. The zero-order chi connectivity index (χ0) is 15.0. The van der Waals surface area contributed by atoms with E-state index >= 15 is 0 Å². The smallest absolute Gasteiger partial charge is 0.252 e. The van der Waals surface area contributed by atoms with Crippen LogP contribution < -0.4 is 5.32 Å². The Hall–Kier alpha value is -2.37. The first kappa shape index (κ1) is 13.6. The number of H-pyrrole nitrogens is 1. The first-order valence-corrected chi connectivity index (χ1v) is 7.05. The van der Waals surface area contributed by atoms with E-state index in [1.807, 2.05) is 19.1 Å². The average molecular weight is 286 g/mol. The fourth-order valence-electron chi connectivity index (χ4n) is 2.85. The molecule has 6 heteroatoms. The van der Waals surface area contributed by atoms with Gasteiger partial charge in [-0.3, -0.25) is 14.7 Å². The number of benzene rings is 1. The number of aryl methyl sites for hydroxylation is 1. The predicted octanol–water partition coefficient (Wildman–Crippen LogP) is 1.22. The number of nitrogens with one attached hydrogen (secondary N) is 2. The molecular formula is C15H18N4O2. The first-order chi connectivity index (χ1) is 10.1. The number of nitrogens with zero attached hydrogens (tertiary/aromatic N) is 2. The largest absolute Gasteiger partial charge is 0.347 e. The van der Waals surface area contributed by atoms with Crippen molar-refractivity contribution in [3.05, 3.63) is 29.5 Å². The van der Waals surface area contributed by atoms with Crippen LogP contribution in [0.15, 0.2) is 18.3 Å². The van der Waals surface area contributed by atoms with Gasteiger partial charge in [0, 0.05) is 31.4 Å². The summed E-state index contributed by atoms with van der Waals surface area (Å²) in [4.78, 5) is 25.7. The molecule has 2 N–H and O–H groups in total. The monoisotopic (exact) mass is 286 g/mol. The maximum Gasteiger partial charge on any atom is 0.252 e. The third-order valence-corrected chi connectivity index (χ3v) is 4.03. The van der Waals surface area contributed by atoms with Crippen molar-refractivity contribution in [3.8, 4) is 0 Å². The first-order valence-electron chi connectivity index (χ1n) is 7.05. The van der Waals surface area contributed by atoms with E-state index in [4.69, 9.17) is 0 Å². The number of hydrogen-bond donors (Lipinski definition) is 2. The van der Waals surface area contributed by atoms with Gasteiger partial charge in [-0.2, -0.15) is 5.10 Å². The van der Waals surface area contributed by atoms with Gasteiger partial charge in [-0.1, -0.05) is 6.07 Å². The number of fused-ring (bicyclic) bond motifs is 1. The Labute approximate surface area is 122 Å². The number of hydrogen-bond acceptors (Lipinski definition) is 3. The van der Waals surface area contributed by atoms with Gasteiger partial charge in [-0.15, -0.1) is 0 Å². The highest BCUT2D eigenvalue weighted by atomic mass is 16.2. The molecule has 1 aromatic carbocycles. The van der Waals surface area contributed by atoms with E-state index in [-0.39, 0.29) is 17.9 Å². The third-order valence-electron chi connectivity index (χ3n) is 4.03. The SMILES string of the molecule is CC(=O)N1CC[C@H](NC(=O)c2c(C)ccc3[nH]ncc23)C1. The Morgan fingerprint density at radius 1 is 1.43 bits per heavy atom. The maximum atomic E-state index is 12.6. The van der Waals surface area contributed by atoms with Crippen LogP contribution >= 0.6 is 0 Å². The van der Waals surface area contributed by atoms with Gasteiger partial charge in [0.05, 0.1) is 17.3 Å². The summed E-state index contributed by atoms with van der Waals surface area (Å²) >= 11 is 0. The molecule has 1 saturated heterocycles. The molecular weight excluding hydrogens is 268 g/mol. The highest BCUT2D eigenvalue weighted by molar-refractivity contribution is 6.07. The Morgan fingerprint density at radius 2 is 2.24 bits per heavy atom. The van der Waals surface area contributed by atoms with Crippen LogP contribution in [0.25, 0.3) is 10.9 Å². The molecule has 1 aliphatic heterocycles. The van der Waals surface area contributed by atoms with Crippen molar-refractivity contribution in [2.24, 2.45) is 0 Å². The van der Waals surface area contributed by atoms with Crippen LogP contribution in [0.1, 0.15) is 29.3 Å². The highest BCUT2D eigenvalue weighted by Crippen LogP contribution is 2.21. The lowest BCUT2D eigenvalue weighted by Gasteiger charge is -2.16. The quantitative estimate of drug-likeness (QED) is 0.871. The summed E-state index contributed by atoms with van der Waals surface area (Å²) in [5.74, 6) is -0.0465. The summed E-state index contributed by atoms with van der Waals surface area (Å²) in [6.45, 7) is 4.76. The average Bonchev–Trinajstić information content (AvgIpc) is 3.06. The lowest BCUT2D eigenvalue weighted by Crippen LogP contribution is -2.38. The molecule has 2 aromatic rings. The Balaban J connectivity index is 1.80. The zero-order valence-corrected chi connectivity index (χ0v) is 12.1. The molecule has 1 atom stereocenters. The van der Waals surface area contributed by atoms with Crippen LogP contribution in [0.5, 0.6) is 0 Å². The van der Waals surface area contributed by atoms with Gasteiger partial charge in [-0.25, -0.2) is 0 Å². The van der Waals surface area contributed by atoms with Crippen molar-refractivity contribution in [2.75, 3.05) is 13.1 Å². The summed E-state index contributed by atoms with van der Waals surface area (Å²) in [5, 5.41) is 10.7. The molecule has 0 unspecified atom stereocenters. The molecule has 2 heterocycles. The molecule has 110 valence electrons. The molecule has 1 fully saturated rings. The van der Waals surface area contributed by atoms with Crippen molar-refractivity contribution in [2.45, 2.75) is 26.3 Å². The minimum atomic E-state index is -0.102. The van der Waals surface area contributed by atoms with E-state index in [9.17, 15) is 9.59 Å². The van der Waals surface area contributed by atoms with Crippen molar-refractivity contribution >= 4 is 22.7 Å². The van der Waals surface area contributed by atoms with Gasteiger partial charge in [0.1, 0.15) is 0 Å².